The number of Topliss-reactive ketones (excluding diaryl/α,β-unsaturated/α-hetero) is 1. The number of rotatable bonds is 5. The molecule has 1 fully saturated rings. The molecule has 3 rings (SSSR count). The third-order valence-electron chi connectivity index (χ3n) is 4.29. The van der Waals surface area contributed by atoms with E-state index in [1.807, 2.05) is 4.90 Å². The zero-order valence-electron chi connectivity index (χ0n) is 13.9. The van der Waals surface area contributed by atoms with Crippen LogP contribution in [-0.2, 0) is 21.4 Å². The molecule has 26 heavy (non-hydrogen) atoms. The van der Waals surface area contributed by atoms with Crippen LogP contribution in [0.1, 0.15) is 18.4 Å². The maximum absolute atomic E-state index is 13.6. The Morgan fingerprint density at radius 2 is 1.65 bits per heavy atom. The van der Waals surface area contributed by atoms with Gasteiger partial charge in [0.25, 0.3) is 0 Å². The van der Waals surface area contributed by atoms with Gasteiger partial charge in [-0.2, -0.15) is 0 Å². The van der Waals surface area contributed by atoms with Gasteiger partial charge >= 0.3 is 0 Å². The Hall–Kier alpha value is -2.32. The molecule has 2 aromatic rings. The molecule has 0 amide bonds. The first-order valence-electron chi connectivity index (χ1n) is 8.15. The number of ketones is 1. The summed E-state index contributed by atoms with van der Waals surface area (Å²) in [4.78, 5) is 13.3. The standard InChI is InChI=1S/C18H18F2N2O3S/c19-14-1-6-18(20)13(11-14)12-21-26(24,25)17-4-2-15(3-5-17)22-9-7-16(23)8-10-22/h1-6,11,21H,7-10,12H2. The predicted molar refractivity (Wildman–Crippen MR) is 93.3 cm³/mol. The third kappa shape index (κ3) is 4.25. The number of hydrogen-bond acceptors (Lipinski definition) is 4. The van der Waals surface area contributed by atoms with Gasteiger partial charge in [-0.3, -0.25) is 4.79 Å². The van der Waals surface area contributed by atoms with Crippen molar-refractivity contribution in [2.24, 2.45) is 0 Å². The SMILES string of the molecule is O=C1CCN(c2ccc(S(=O)(=O)NCc3cc(F)ccc3F)cc2)CC1. The smallest absolute Gasteiger partial charge is 0.240 e. The van der Waals surface area contributed by atoms with Gasteiger partial charge in [-0.1, -0.05) is 0 Å². The van der Waals surface area contributed by atoms with Gasteiger partial charge in [0, 0.05) is 43.7 Å². The van der Waals surface area contributed by atoms with Crippen LogP contribution < -0.4 is 9.62 Å². The van der Waals surface area contributed by atoms with Crippen molar-refractivity contribution in [2.45, 2.75) is 24.3 Å². The van der Waals surface area contributed by atoms with Gasteiger partial charge < -0.3 is 4.90 Å². The van der Waals surface area contributed by atoms with Gasteiger partial charge in [0.15, 0.2) is 0 Å². The highest BCUT2D eigenvalue weighted by atomic mass is 32.2. The monoisotopic (exact) mass is 380 g/mol. The highest BCUT2D eigenvalue weighted by molar-refractivity contribution is 7.89. The van der Waals surface area contributed by atoms with E-state index >= 15 is 0 Å². The Morgan fingerprint density at radius 3 is 2.31 bits per heavy atom. The molecule has 0 unspecified atom stereocenters. The number of carbonyl (C=O) groups excluding carboxylic acids is 1. The lowest BCUT2D eigenvalue weighted by Crippen LogP contribution is -2.33. The Labute approximate surface area is 150 Å². The molecule has 2 aromatic carbocycles. The number of benzene rings is 2. The van der Waals surface area contributed by atoms with E-state index < -0.39 is 21.7 Å². The van der Waals surface area contributed by atoms with E-state index in [0.717, 1.165) is 23.9 Å². The number of nitrogens with zero attached hydrogens (tertiary/aromatic N) is 1. The Morgan fingerprint density at radius 1 is 1.00 bits per heavy atom. The summed E-state index contributed by atoms with van der Waals surface area (Å²) in [7, 11) is -3.86. The van der Waals surface area contributed by atoms with E-state index in [-0.39, 0.29) is 22.8 Å². The summed E-state index contributed by atoms with van der Waals surface area (Å²) in [5.74, 6) is -1.08. The van der Waals surface area contributed by atoms with E-state index in [9.17, 15) is 22.0 Å². The average Bonchev–Trinajstić information content (AvgIpc) is 2.63. The average molecular weight is 380 g/mol. The number of anilines is 1. The summed E-state index contributed by atoms with van der Waals surface area (Å²) in [5.41, 5.74) is 0.774. The van der Waals surface area contributed by atoms with Crippen LogP contribution in [0.3, 0.4) is 0 Å². The molecule has 0 atom stereocenters. The molecule has 0 aromatic heterocycles. The second-order valence-electron chi connectivity index (χ2n) is 6.08. The van der Waals surface area contributed by atoms with Crippen molar-refractivity contribution in [3.8, 4) is 0 Å². The normalized spacial score (nSPS) is 15.3. The van der Waals surface area contributed by atoms with Crippen molar-refractivity contribution in [1.29, 1.82) is 0 Å². The zero-order chi connectivity index (χ0) is 18.7. The van der Waals surface area contributed by atoms with Gasteiger partial charge in [-0.25, -0.2) is 21.9 Å². The van der Waals surface area contributed by atoms with Crippen LogP contribution in [-0.4, -0.2) is 27.3 Å². The van der Waals surface area contributed by atoms with E-state index in [1.165, 1.54) is 12.1 Å². The molecule has 8 heteroatoms. The van der Waals surface area contributed by atoms with Gasteiger partial charge in [0.05, 0.1) is 4.90 Å². The van der Waals surface area contributed by atoms with E-state index in [1.54, 1.807) is 12.1 Å². The van der Waals surface area contributed by atoms with E-state index in [2.05, 4.69) is 4.72 Å². The molecule has 0 radical (unpaired) electrons. The minimum Gasteiger partial charge on any atom is -0.371 e. The maximum atomic E-state index is 13.6. The lowest BCUT2D eigenvalue weighted by Gasteiger charge is -2.28. The predicted octanol–water partition coefficient (Wildman–Crippen LogP) is 2.61. The fraction of sp³-hybridized carbons (Fsp3) is 0.278. The highest BCUT2D eigenvalue weighted by Gasteiger charge is 2.18. The quantitative estimate of drug-likeness (QED) is 0.866. The molecule has 0 bridgehead atoms. The summed E-state index contributed by atoms with van der Waals surface area (Å²) >= 11 is 0. The van der Waals surface area contributed by atoms with Crippen molar-refractivity contribution < 1.29 is 22.0 Å². The van der Waals surface area contributed by atoms with Crippen LogP contribution in [0.15, 0.2) is 47.4 Å². The summed E-state index contributed by atoms with van der Waals surface area (Å²) in [6, 6.07) is 9.14. The largest absolute Gasteiger partial charge is 0.371 e. The van der Waals surface area contributed by atoms with Crippen LogP contribution in [0, 0.1) is 11.6 Å². The highest BCUT2D eigenvalue weighted by Crippen LogP contribution is 2.21. The first kappa shape index (κ1) is 18.5. The second-order valence-corrected chi connectivity index (χ2v) is 7.85. The van der Waals surface area contributed by atoms with Crippen molar-refractivity contribution in [3.05, 3.63) is 59.7 Å². The number of nitrogens with one attached hydrogen (secondary N) is 1. The molecule has 5 nitrogen and oxygen atoms in total. The number of halogens is 2. The van der Waals surface area contributed by atoms with Crippen molar-refractivity contribution in [3.63, 3.8) is 0 Å². The Kier molecular flexibility index (Phi) is 5.33. The molecular weight excluding hydrogens is 362 g/mol. The van der Waals surface area contributed by atoms with Crippen LogP contribution >= 0.6 is 0 Å². The van der Waals surface area contributed by atoms with Gasteiger partial charge in [0.1, 0.15) is 17.4 Å². The lowest BCUT2D eigenvalue weighted by molar-refractivity contribution is -0.119. The molecule has 0 aliphatic carbocycles. The van der Waals surface area contributed by atoms with Gasteiger partial charge in [-0.05, 0) is 42.5 Å². The Balaban J connectivity index is 1.69. The van der Waals surface area contributed by atoms with Crippen LogP contribution in [0.2, 0.25) is 0 Å². The molecule has 1 N–H and O–H groups in total. The second kappa shape index (κ2) is 7.51. The molecule has 0 saturated carbocycles. The number of sulfonamides is 1. The number of piperidine rings is 1. The van der Waals surface area contributed by atoms with E-state index in [0.29, 0.717) is 25.9 Å². The topological polar surface area (TPSA) is 66.5 Å². The zero-order valence-corrected chi connectivity index (χ0v) is 14.7. The minimum absolute atomic E-state index is 0.0335. The molecule has 1 heterocycles. The molecule has 1 aliphatic heterocycles. The van der Waals surface area contributed by atoms with Crippen molar-refractivity contribution >= 4 is 21.5 Å². The lowest BCUT2D eigenvalue weighted by atomic mass is 10.1. The summed E-state index contributed by atoms with van der Waals surface area (Å²) in [6.07, 6.45) is 0.974. The Bertz CT molecular complexity index is 905. The van der Waals surface area contributed by atoms with Crippen LogP contribution in [0.25, 0.3) is 0 Å². The molecule has 1 aliphatic rings. The van der Waals surface area contributed by atoms with Crippen LogP contribution in [0.5, 0.6) is 0 Å². The molecule has 0 spiro atoms. The van der Waals surface area contributed by atoms with Crippen LogP contribution in [0.4, 0.5) is 14.5 Å². The first-order valence-corrected chi connectivity index (χ1v) is 9.64. The molecule has 1 saturated heterocycles. The first-order chi connectivity index (χ1) is 12.3. The summed E-state index contributed by atoms with van der Waals surface area (Å²) in [5, 5.41) is 0. The van der Waals surface area contributed by atoms with Gasteiger partial charge in [0.2, 0.25) is 10.0 Å². The van der Waals surface area contributed by atoms with Gasteiger partial charge in [-0.15, -0.1) is 0 Å². The summed E-state index contributed by atoms with van der Waals surface area (Å²) in [6.45, 7) is 0.881. The molecular formula is C18H18F2N2O3S. The fourth-order valence-corrected chi connectivity index (χ4v) is 3.79. The maximum Gasteiger partial charge on any atom is 0.240 e. The number of hydrogen-bond donors (Lipinski definition) is 1. The summed E-state index contributed by atoms with van der Waals surface area (Å²) < 4.78 is 53.7. The third-order valence-corrected chi connectivity index (χ3v) is 5.71. The fourth-order valence-electron chi connectivity index (χ4n) is 2.79. The van der Waals surface area contributed by atoms with E-state index in [4.69, 9.17) is 0 Å². The van der Waals surface area contributed by atoms with Crippen molar-refractivity contribution in [1.82, 2.24) is 4.72 Å². The number of carbonyl (C=O) groups is 1. The minimum atomic E-state index is -3.86. The molecule has 138 valence electrons. The van der Waals surface area contributed by atoms with Crippen molar-refractivity contribution in [2.75, 3.05) is 18.0 Å².